The van der Waals surface area contributed by atoms with Crippen LogP contribution in [0, 0.1) is 11.3 Å². The standard InChI is InChI=1S/C15H17NO4/c1-3-20-15(18)9-12-6-11(4-5-14(17)19-2)7-13(8-12)10-16/h6-8H,3-5,9H2,1-2H3. The fourth-order valence-corrected chi connectivity index (χ4v) is 1.80. The lowest BCUT2D eigenvalue weighted by Crippen LogP contribution is -2.08. The molecule has 0 fully saturated rings. The molecular formula is C15H17NO4. The SMILES string of the molecule is CCOC(=O)Cc1cc(C#N)cc(CCC(=O)OC)c1. The molecule has 0 aliphatic heterocycles. The minimum Gasteiger partial charge on any atom is -0.469 e. The molecule has 106 valence electrons. The van der Waals surface area contributed by atoms with E-state index in [-0.39, 0.29) is 24.8 Å². The number of nitriles is 1. The molecule has 1 aromatic carbocycles. The van der Waals surface area contributed by atoms with Crippen molar-refractivity contribution in [3.8, 4) is 6.07 Å². The van der Waals surface area contributed by atoms with Crippen LogP contribution in [-0.4, -0.2) is 25.7 Å². The van der Waals surface area contributed by atoms with Gasteiger partial charge >= 0.3 is 11.9 Å². The van der Waals surface area contributed by atoms with Crippen molar-refractivity contribution in [2.75, 3.05) is 13.7 Å². The summed E-state index contributed by atoms with van der Waals surface area (Å²) in [5.41, 5.74) is 2.00. The van der Waals surface area contributed by atoms with Crippen molar-refractivity contribution >= 4 is 11.9 Å². The molecule has 0 saturated carbocycles. The van der Waals surface area contributed by atoms with E-state index in [1.165, 1.54) is 7.11 Å². The molecule has 5 nitrogen and oxygen atoms in total. The Hall–Kier alpha value is -2.35. The highest BCUT2D eigenvalue weighted by molar-refractivity contribution is 5.73. The molecule has 0 bridgehead atoms. The Morgan fingerprint density at radius 1 is 1.20 bits per heavy atom. The predicted octanol–water partition coefficient (Wildman–Crippen LogP) is 1.77. The van der Waals surface area contributed by atoms with Gasteiger partial charge in [-0.25, -0.2) is 0 Å². The van der Waals surface area contributed by atoms with Gasteiger partial charge in [0.15, 0.2) is 0 Å². The van der Waals surface area contributed by atoms with E-state index in [9.17, 15) is 9.59 Å². The Morgan fingerprint density at radius 2 is 1.90 bits per heavy atom. The number of benzene rings is 1. The summed E-state index contributed by atoms with van der Waals surface area (Å²) >= 11 is 0. The molecule has 0 spiro atoms. The topological polar surface area (TPSA) is 76.4 Å². The second kappa shape index (κ2) is 7.95. The van der Waals surface area contributed by atoms with Crippen LogP contribution in [0.4, 0.5) is 0 Å². The van der Waals surface area contributed by atoms with E-state index in [1.807, 2.05) is 6.07 Å². The third-order valence-electron chi connectivity index (χ3n) is 2.68. The quantitative estimate of drug-likeness (QED) is 0.739. The van der Waals surface area contributed by atoms with Gasteiger partial charge in [-0.05, 0) is 36.6 Å². The van der Waals surface area contributed by atoms with Gasteiger partial charge in [-0.3, -0.25) is 9.59 Å². The van der Waals surface area contributed by atoms with Gasteiger partial charge in [-0.1, -0.05) is 6.07 Å². The molecule has 0 amide bonds. The van der Waals surface area contributed by atoms with Gasteiger partial charge in [0.1, 0.15) is 0 Å². The smallest absolute Gasteiger partial charge is 0.310 e. The molecular weight excluding hydrogens is 258 g/mol. The number of aryl methyl sites for hydroxylation is 1. The third-order valence-corrected chi connectivity index (χ3v) is 2.68. The number of hydrogen-bond donors (Lipinski definition) is 0. The van der Waals surface area contributed by atoms with Crippen molar-refractivity contribution in [2.24, 2.45) is 0 Å². The monoisotopic (exact) mass is 275 g/mol. The predicted molar refractivity (Wildman–Crippen MR) is 71.8 cm³/mol. The van der Waals surface area contributed by atoms with Crippen molar-refractivity contribution < 1.29 is 19.1 Å². The number of ether oxygens (including phenoxy) is 2. The Balaban J connectivity index is 2.83. The van der Waals surface area contributed by atoms with Crippen LogP contribution >= 0.6 is 0 Å². The number of rotatable bonds is 6. The zero-order valence-electron chi connectivity index (χ0n) is 11.6. The molecule has 20 heavy (non-hydrogen) atoms. The van der Waals surface area contributed by atoms with Crippen molar-refractivity contribution in [2.45, 2.75) is 26.2 Å². The van der Waals surface area contributed by atoms with Crippen LogP contribution < -0.4 is 0 Å². The molecule has 0 aliphatic carbocycles. The number of esters is 2. The molecule has 0 aromatic heterocycles. The van der Waals surface area contributed by atoms with E-state index in [0.717, 1.165) is 5.56 Å². The van der Waals surface area contributed by atoms with E-state index < -0.39 is 0 Å². The van der Waals surface area contributed by atoms with E-state index in [1.54, 1.807) is 25.1 Å². The summed E-state index contributed by atoms with van der Waals surface area (Å²) in [4.78, 5) is 22.6. The van der Waals surface area contributed by atoms with Crippen molar-refractivity contribution in [1.29, 1.82) is 5.26 Å². The van der Waals surface area contributed by atoms with Crippen molar-refractivity contribution in [3.63, 3.8) is 0 Å². The lowest BCUT2D eigenvalue weighted by molar-refractivity contribution is -0.142. The van der Waals surface area contributed by atoms with Gasteiger partial charge in [-0.2, -0.15) is 5.26 Å². The number of methoxy groups -OCH3 is 1. The minimum atomic E-state index is -0.332. The first-order chi connectivity index (χ1) is 9.58. The molecule has 5 heteroatoms. The van der Waals surface area contributed by atoms with Crippen LogP contribution in [0.2, 0.25) is 0 Å². The third kappa shape index (κ3) is 5.11. The number of nitrogens with zero attached hydrogens (tertiary/aromatic N) is 1. The Labute approximate surface area is 118 Å². The first-order valence-electron chi connectivity index (χ1n) is 6.34. The highest BCUT2D eigenvalue weighted by atomic mass is 16.5. The Kier molecular flexibility index (Phi) is 6.24. The maximum atomic E-state index is 11.5. The molecule has 0 atom stereocenters. The van der Waals surface area contributed by atoms with Crippen LogP contribution in [0.1, 0.15) is 30.0 Å². The minimum absolute atomic E-state index is 0.120. The maximum Gasteiger partial charge on any atom is 0.310 e. The van der Waals surface area contributed by atoms with Gasteiger partial charge in [0, 0.05) is 6.42 Å². The summed E-state index contributed by atoms with van der Waals surface area (Å²) in [5.74, 6) is -0.638. The van der Waals surface area contributed by atoms with Crippen LogP contribution in [0.15, 0.2) is 18.2 Å². The zero-order chi connectivity index (χ0) is 15.0. The molecule has 0 heterocycles. The molecule has 0 aliphatic rings. The van der Waals surface area contributed by atoms with E-state index in [0.29, 0.717) is 24.2 Å². The van der Waals surface area contributed by atoms with Gasteiger partial charge in [0.2, 0.25) is 0 Å². The zero-order valence-corrected chi connectivity index (χ0v) is 11.6. The summed E-state index contributed by atoms with van der Waals surface area (Å²) in [7, 11) is 1.33. The van der Waals surface area contributed by atoms with Crippen molar-refractivity contribution in [1.82, 2.24) is 0 Å². The summed E-state index contributed by atoms with van der Waals surface area (Å²) in [6.45, 7) is 2.07. The van der Waals surface area contributed by atoms with Gasteiger partial charge < -0.3 is 9.47 Å². The fourth-order valence-electron chi connectivity index (χ4n) is 1.80. The molecule has 0 N–H and O–H groups in total. The second-order valence-electron chi connectivity index (χ2n) is 4.21. The van der Waals surface area contributed by atoms with E-state index >= 15 is 0 Å². The van der Waals surface area contributed by atoms with Crippen LogP contribution in [0.25, 0.3) is 0 Å². The van der Waals surface area contributed by atoms with E-state index in [4.69, 9.17) is 10.00 Å². The number of hydrogen-bond acceptors (Lipinski definition) is 5. The highest BCUT2D eigenvalue weighted by Gasteiger charge is 2.08. The summed E-state index contributed by atoms with van der Waals surface area (Å²) in [6, 6.07) is 7.21. The average Bonchev–Trinajstić information content (AvgIpc) is 2.44. The first-order valence-corrected chi connectivity index (χ1v) is 6.34. The molecule has 1 rings (SSSR count). The largest absolute Gasteiger partial charge is 0.469 e. The molecule has 1 aromatic rings. The summed E-state index contributed by atoms with van der Waals surface area (Å²) in [6.07, 6.45) is 0.830. The lowest BCUT2D eigenvalue weighted by Gasteiger charge is -2.06. The normalized spacial score (nSPS) is 9.65. The van der Waals surface area contributed by atoms with E-state index in [2.05, 4.69) is 4.74 Å². The van der Waals surface area contributed by atoms with Gasteiger partial charge in [-0.15, -0.1) is 0 Å². The fraction of sp³-hybridized carbons (Fsp3) is 0.400. The lowest BCUT2D eigenvalue weighted by atomic mass is 10.0. The number of carbonyl (C=O) groups is 2. The first kappa shape index (κ1) is 15.7. The summed E-state index contributed by atoms with van der Waals surface area (Å²) < 4.78 is 9.46. The van der Waals surface area contributed by atoms with Crippen LogP contribution in [0.5, 0.6) is 0 Å². The van der Waals surface area contributed by atoms with Crippen LogP contribution in [-0.2, 0) is 31.9 Å². The molecule has 0 unspecified atom stereocenters. The summed E-state index contributed by atoms with van der Waals surface area (Å²) in [5, 5.41) is 8.99. The average molecular weight is 275 g/mol. The number of carbonyl (C=O) groups excluding carboxylic acids is 2. The maximum absolute atomic E-state index is 11.5. The Bertz CT molecular complexity index is 531. The highest BCUT2D eigenvalue weighted by Crippen LogP contribution is 2.13. The van der Waals surface area contributed by atoms with Gasteiger partial charge in [0.05, 0.1) is 31.8 Å². The van der Waals surface area contributed by atoms with Crippen molar-refractivity contribution in [3.05, 3.63) is 34.9 Å². The molecule has 0 saturated heterocycles. The second-order valence-corrected chi connectivity index (χ2v) is 4.21. The molecule has 0 radical (unpaired) electrons. The Morgan fingerprint density at radius 3 is 2.50 bits per heavy atom. The van der Waals surface area contributed by atoms with Crippen LogP contribution in [0.3, 0.4) is 0 Å². The van der Waals surface area contributed by atoms with Gasteiger partial charge in [0.25, 0.3) is 0 Å².